The number of esters is 1. The molecule has 0 heterocycles. The second-order valence-electron chi connectivity index (χ2n) is 3.24. The molecular formula is C8H11BF3O2-. The summed E-state index contributed by atoms with van der Waals surface area (Å²) in [6.45, 7) is -3.08. The maximum atomic E-state index is 12.2. The zero-order valence-corrected chi connectivity index (χ0v) is 7.80. The number of hydrogen-bond donors (Lipinski definition) is 0. The smallest absolute Gasteiger partial charge is 0.466 e. The van der Waals surface area contributed by atoms with Crippen LogP contribution in [0.15, 0.2) is 11.5 Å². The average Bonchev–Trinajstić information content (AvgIpc) is 2.51. The molecule has 80 valence electrons. The van der Waals surface area contributed by atoms with E-state index in [4.69, 9.17) is 0 Å². The highest BCUT2D eigenvalue weighted by atomic mass is 19.4. The SMILES string of the molecule is CCOC(=O)C1CC=C([B-](F)(F)F)C1. The van der Waals surface area contributed by atoms with Crippen LogP contribution < -0.4 is 0 Å². The summed E-state index contributed by atoms with van der Waals surface area (Å²) in [4.78, 5) is 11.1. The number of ether oxygens (including phenoxy) is 1. The van der Waals surface area contributed by atoms with Gasteiger partial charge in [0.15, 0.2) is 0 Å². The third kappa shape index (κ3) is 2.53. The number of halogens is 3. The van der Waals surface area contributed by atoms with Gasteiger partial charge in [0.1, 0.15) is 0 Å². The molecule has 0 aliphatic heterocycles. The van der Waals surface area contributed by atoms with Crippen molar-refractivity contribution >= 4 is 12.9 Å². The van der Waals surface area contributed by atoms with Gasteiger partial charge in [-0.25, -0.2) is 0 Å². The van der Waals surface area contributed by atoms with Crippen LogP contribution in [0, 0.1) is 5.92 Å². The van der Waals surface area contributed by atoms with Crippen molar-refractivity contribution in [3.63, 3.8) is 0 Å². The fourth-order valence-electron chi connectivity index (χ4n) is 1.45. The van der Waals surface area contributed by atoms with Crippen LogP contribution in [0.4, 0.5) is 12.9 Å². The van der Waals surface area contributed by atoms with Gasteiger partial charge in [-0.3, -0.25) is 4.79 Å². The standard InChI is InChI=1S/C8H11BF3O2/c1-2-14-8(13)6-3-4-7(5-6)9(10,11)12/h4,6H,2-3,5H2,1H3/q-1. The van der Waals surface area contributed by atoms with Gasteiger partial charge in [0.05, 0.1) is 12.5 Å². The lowest BCUT2D eigenvalue weighted by atomic mass is 9.78. The largest absolute Gasteiger partial charge is 0.505 e. The minimum Gasteiger partial charge on any atom is -0.466 e. The lowest BCUT2D eigenvalue weighted by Gasteiger charge is -2.17. The van der Waals surface area contributed by atoms with Crippen molar-refractivity contribution in [2.24, 2.45) is 5.92 Å². The van der Waals surface area contributed by atoms with E-state index in [0.29, 0.717) is 0 Å². The number of rotatable bonds is 3. The summed E-state index contributed by atoms with van der Waals surface area (Å²) >= 11 is 0. The van der Waals surface area contributed by atoms with Gasteiger partial charge in [0, 0.05) is 0 Å². The summed E-state index contributed by atoms with van der Waals surface area (Å²) < 4.78 is 41.3. The molecule has 0 bridgehead atoms. The van der Waals surface area contributed by atoms with Crippen molar-refractivity contribution in [1.29, 1.82) is 0 Å². The Morgan fingerprint density at radius 3 is 2.71 bits per heavy atom. The molecule has 14 heavy (non-hydrogen) atoms. The Hall–Kier alpha value is -0.935. The summed E-state index contributed by atoms with van der Waals surface area (Å²) in [6, 6.07) is 0. The van der Waals surface area contributed by atoms with E-state index in [0.717, 1.165) is 6.08 Å². The van der Waals surface area contributed by atoms with Crippen molar-refractivity contribution < 1.29 is 22.5 Å². The van der Waals surface area contributed by atoms with E-state index in [1.54, 1.807) is 6.92 Å². The average molecular weight is 207 g/mol. The van der Waals surface area contributed by atoms with Crippen LogP contribution in [0.3, 0.4) is 0 Å². The molecule has 1 aliphatic carbocycles. The fourth-order valence-corrected chi connectivity index (χ4v) is 1.45. The molecule has 0 fully saturated rings. The second-order valence-corrected chi connectivity index (χ2v) is 3.24. The zero-order chi connectivity index (χ0) is 10.8. The monoisotopic (exact) mass is 207 g/mol. The van der Waals surface area contributed by atoms with E-state index in [-0.39, 0.29) is 19.4 Å². The molecule has 0 aromatic carbocycles. The van der Waals surface area contributed by atoms with Crippen LogP contribution in [0.1, 0.15) is 19.8 Å². The molecule has 1 aliphatic rings. The summed E-state index contributed by atoms with van der Waals surface area (Å²) in [5.41, 5.74) is -0.553. The van der Waals surface area contributed by atoms with Gasteiger partial charge in [-0.2, -0.15) is 0 Å². The Labute approximate surface area is 80.2 Å². The highest BCUT2D eigenvalue weighted by Crippen LogP contribution is 2.34. The van der Waals surface area contributed by atoms with Gasteiger partial charge in [0.25, 0.3) is 0 Å². The maximum Gasteiger partial charge on any atom is 0.505 e. The highest BCUT2D eigenvalue weighted by molar-refractivity contribution is 6.66. The van der Waals surface area contributed by atoms with Gasteiger partial charge >= 0.3 is 12.9 Å². The van der Waals surface area contributed by atoms with Crippen LogP contribution in [-0.2, 0) is 9.53 Å². The first-order valence-corrected chi connectivity index (χ1v) is 4.50. The fraction of sp³-hybridized carbons (Fsp3) is 0.625. The molecule has 1 unspecified atom stereocenters. The molecule has 6 heteroatoms. The van der Waals surface area contributed by atoms with E-state index in [1.165, 1.54) is 0 Å². The first-order chi connectivity index (χ1) is 6.45. The van der Waals surface area contributed by atoms with Gasteiger partial charge < -0.3 is 17.7 Å². The van der Waals surface area contributed by atoms with Crippen LogP contribution in [0.5, 0.6) is 0 Å². The zero-order valence-electron chi connectivity index (χ0n) is 7.80. The minimum atomic E-state index is -4.92. The third-order valence-electron chi connectivity index (χ3n) is 2.19. The Kier molecular flexibility index (Phi) is 3.23. The predicted molar refractivity (Wildman–Crippen MR) is 46.5 cm³/mol. The third-order valence-corrected chi connectivity index (χ3v) is 2.19. The second kappa shape index (κ2) is 4.06. The minimum absolute atomic E-state index is 0.148. The number of carbonyl (C=O) groups is 1. The van der Waals surface area contributed by atoms with E-state index in [1.807, 2.05) is 0 Å². The van der Waals surface area contributed by atoms with Gasteiger partial charge in [-0.15, -0.1) is 11.5 Å². The predicted octanol–water partition coefficient (Wildman–Crippen LogP) is 2.27. The Morgan fingerprint density at radius 2 is 2.29 bits per heavy atom. The van der Waals surface area contributed by atoms with E-state index >= 15 is 0 Å². The summed E-state index contributed by atoms with van der Waals surface area (Å²) in [5, 5.41) is 0. The van der Waals surface area contributed by atoms with E-state index in [2.05, 4.69) is 4.74 Å². The van der Waals surface area contributed by atoms with E-state index < -0.39 is 24.3 Å². The lowest BCUT2D eigenvalue weighted by Crippen LogP contribution is -2.21. The van der Waals surface area contributed by atoms with Crippen molar-refractivity contribution in [2.45, 2.75) is 19.8 Å². The van der Waals surface area contributed by atoms with Crippen LogP contribution in [0.25, 0.3) is 0 Å². The van der Waals surface area contributed by atoms with Crippen molar-refractivity contribution in [3.8, 4) is 0 Å². The molecule has 0 aromatic heterocycles. The van der Waals surface area contributed by atoms with Crippen LogP contribution in [0.2, 0.25) is 0 Å². The number of carbonyl (C=O) groups excluding carboxylic acids is 1. The van der Waals surface area contributed by atoms with Crippen molar-refractivity contribution in [3.05, 3.63) is 11.5 Å². The maximum absolute atomic E-state index is 12.2. The van der Waals surface area contributed by atoms with Crippen molar-refractivity contribution in [2.75, 3.05) is 6.61 Å². The van der Waals surface area contributed by atoms with Crippen LogP contribution >= 0.6 is 0 Å². The quantitative estimate of drug-likeness (QED) is 0.524. The molecular weight excluding hydrogens is 196 g/mol. The molecule has 0 aromatic rings. The molecule has 2 nitrogen and oxygen atoms in total. The molecule has 0 amide bonds. The topological polar surface area (TPSA) is 26.3 Å². The molecule has 0 saturated carbocycles. The summed E-state index contributed by atoms with van der Waals surface area (Å²) in [5.74, 6) is -1.16. The van der Waals surface area contributed by atoms with Gasteiger partial charge in [-0.05, 0) is 19.8 Å². The molecule has 0 saturated heterocycles. The molecule has 1 rings (SSSR count). The molecule has 0 spiro atoms. The van der Waals surface area contributed by atoms with Crippen LogP contribution in [-0.4, -0.2) is 19.6 Å². The Balaban J connectivity index is 2.50. The number of hydrogen-bond acceptors (Lipinski definition) is 2. The lowest BCUT2D eigenvalue weighted by molar-refractivity contribution is -0.147. The molecule has 0 radical (unpaired) electrons. The van der Waals surface area contributed by atoms with Gasteiger partial charge in [-0.1, -0.05) is 0 Å². The first kappa shape index (κ1) is 11.1. The number of allylic oxidation sites excluding steroid dienone is 2. The first-order valence-electron chi connectivity index (χ1n) is 4.50. The van der Waals surface area contributed by atoms with E-state index in [9.17, 15) is 17.7 Å². The Morgan fingerprint density at radius 1 is 1.64 bits per heavy atom. The molecule has 0 N–H and O–H groups in total. The Bertz CT molecular complexity index is 260. The summed E-state index contributed by atoms with van der Waals surface area (Å²) in [6.07, 6.45) is 1.03. The normalized spacial score (nSPS) is 22.0. The highest BCUT2D eigenvalue weighted by Gasteiger charge is 2.35. The molecule has 1 atom stereocenters. The summed E-state index contributed by atoms with van der Waals surface area (Å²) in [7, 11) is 0. The van der Waals surface area contributed by atoms with Gasteiger partial charge in [0.2, 0.25) is 0 Å². The van der Waals surface area contributed by atoms with Crippen molar-refractivity contribution in [1.82, 2.24) is 0 Å².